The van der Waals surface area contributed by atoms with Gasteiger partial charge in [0, 0.05) is 11.1 Å². The smallest absolute Gasteiger partial charge is 0.225 e. The van der Waals surface area contributed by atoms with Gasteiger partial charge in [-0.15, -0.1) is 0 Å². The summed E-state index contributed by atoms with van der Waals surface area (Å²) in [5, 5.41) is 3.57. The number of nitrogens with one attached hydrogen (secondary N) is 1. The summed E-state index contributed by atoms with van der Waals surface area (Å²) in [5.41, 5.74) is 6.35. The van der Waals surface area contributed by atoms with Gasteiger partial charge >= 0.3 is 0 Å². The molecule has 0 saturated carbocycles. The molecule has 0 fully saturated rings. The van der Waals surface area contributed by atoms with Crippen LogP contribution in [0, 0.1) is 0 Å². The summed E-state index contributed by atoms with van der Waals surface area (Å²) >= 11 is 5.72. The Kier molecular flexibility index (Phi) is 1.41. The van der Waals surface area contributed by atoms with Crippen LogP contribution in [0.4, 0.5) is 5.69 Å². The van der Waals surface area contributed by atoms with E-state index >= 15 is 0 Å². The van der Waals surface area contributed by atoms with E-state index in [9.17, 15) is 0 Å². The highest BCUT2D eigenvalue weighted by Gasteiger charge is 2.17. The molecule has 0 amide bonds. The number of hydrogen-bond donors (Lipinski definition) is 2. The number of nitrogens with two attached hydrogens (primary N) is 1. The Morgan fingerprint density at radius 2 is 2.36 bits per heavy atom. The van der Waals surface area contributed by atoms with Gasteiger partial charge in [-0.25, -0.2) is 0 Å². The summed E-state index contributed by atoms with van der Waals surface area (Å²) in [6, 6.07) is 5.36. The predicted octanol–water partition coefficient (Wildman–Crippen LogP) is 1.39. The van der Waals surface area contributed by atoms with Gasteiger partial charge in [0.1, 0.15) is 5.75 Å². The predicted molar refractivity (Wildman–Crippen MR) is 43.7 cm³/mol. The van der Waals surface area contributed by atoms with Crippen LogP contribution in [0.5, 0.6) is 5.75 Å². The number of rotatable bonds is 0. The molecule has 4 heteroatoms. The van der Waals surface area contributed by atoms with Gasteiger partial charge in [-0.2, -0.15) is 0 Å². The minimum absolute atomic E-state index is 0.441. The zero-order chi connectivity index (χ0) is 7.84. The minimum Gasteiger partial charge on any atom is -0.455 e. The van der Waals surface area contributed by atoms with E-state index in [1.165, 1.54) is 0 Å². The van der Waals surface area contributed by atoms with Crippen LogP contribution in [-0.4, -0.2) is 6.35 Å². The van der Waals surface area contributed by atoms with Gasteiger partial charge in [-0.05, 0) is 12.1 Å². The number of fused-ring (bicyclic) bond motifs is 1. The van der Waals surface area contributed by atoms with Crippen molar-refractivity contribution in [3.05, 3.63) is 23.2 Å². The zero-order valence-corrected chi connectivity index (χ0v) is 6.43. The number of halogens is 1. The van der Waals surface area contributed by atoms with Crippen LogP contribution in [0.2, 0.25) is 5.02 Å². The topological polar surface area (TPSA) is 47.3 Å². The summed E-state index contributed by atoms with van der Waals surface area (Å²) in [7, 11) is 0. The average Bonchev–Trinajstić information content (AvgIpc) is 2.27. The van der Waals surface area contributed by atoms with Crippen LogP contribution < -0.4 is 15.8 Å². The Morgan fingerprint density at radius 1 is 1.55 bits per heavy atom. The van der Waals surface area contributed by atoms with Crippen molar-refractivity contribution in [1.82, 2.24) is 0 Å². The summed E-state index contributed by atoms with van der Waals surface area (Å²) in [4.78, 5) is 0. The molecule has 11 heavy (non-hydrogen) atoms. The van der Waals surface area contributed by atoms with E-state index in [2.05, 4.69) is 5.32 Å². The summed E-state index contributed by atoms with van der Waals surface area (Å²) in [6.07, 6.45) is -0.441. The van der Waals surface area contributed by atoms with E-state index in [4.69, 9.17) is 22.1 Å². The maximum Gasteiger partial charge on any atom is 0.225 e. The first-order chi connectivity index (χ1) is 5.25. The van der Waals surface area contributed by atoms with E-state index in [1.807, 2.05) is 6.07 Å². The van der Waals surface area contributed by atoms with Gasteiger partial charge in [0.2, 0.25) is 6.35 Å². The third-order valence-corrected chi connectivity index (χ3v) is 1.73. The lowest BCUT2D eigenvalue weighted by Gasteiger charge is -2.00. The van der Waals surface area contributed by atoms with E-state index in [-0.39, 0.29) is 0 Å². The van der Waals surface area contributed by atoms with Crippen LogP contribution in [0.1, 0.15) is 0 Å². The van der Waals surface area contributed by atoms with E-state index in [0.29, 0.717) is 10.8 Å². The first-order valence-corrected chi connectivity index (χ1v) is 3.62. The number of hydrogen-bond acceptors (Lipinski definition) is 3. The van der Waals surface area contributed by atoms with Crippen molar-refractivity contribution in [3.63, 3.8) is 0 Å². The molecule has 58 valence electrons. The number of benzene rings is 1. The molecule has 1 aliphatic rings. The van der Waals surface area contributed by atoms with Gasteiger partial charge < -0.3 is 10.1 Å². The standard InChI is InChI=1S/C7H7ClN2O/c8-4-1-2-5-6(3-4)11-7(9)10-5/h1-3,7,10H,9H2. The molecule has 1 heterocycles. The third kappa shape index (κ3) is 1.13. The second kappa shape index (κ2) is 2.29. The van der Waals surface area contributed by atoms with Gasteiger partial charge in [0.05, 0.1) is 5.69 Å². The number of anilines is 1. The third-order valence-electron chi connectivity index (χ3n) is 1.50. The molecule has 0 spiro atoms. The molecule has 0 aromatic heterocycles. The molecule has 3 nitrogen and oxygen atoms in total. The first kappa shape index (κ1) is 6.76. The van der Waals surface area contributed by atoms with Gasteiger partial charge in [0.25, 0.3) is 0 Å². The molecule has 0 aliphatic carbocycles. The van der Waals surface area contributed by atoms with Gasteiger partial charge in [0.15, 0.2) is 0 Å². The van der Waals surface area contributed by atoms with Crippen molar-refractivity contribution in [2.24, 2.45) is 5.73 Å². The summed E-state index contributed by atoms with van der Waals surface area (Å²) in [6.45, 7) is 0. The lowest BCUT2D eigenvalue weighted by atomic mass is 10.3. The largest absolute Gasteiger partial charge is 0.455 e. The second-order valence-corrected chi connectivity index (χ2v) is 2.76. The summed E-state index contributed by atoms with van der Waals surface area (Å²) in [5.74, 6) is 0.713. The van der Waals surface area contributed by atoms with Crippen LogP contribution in [0.25, 0.3) is 0 Å². The molecule has 1 aliphatic heterocycles. The second-order valence-electron chi connectivity index (χ2n) is 2.32. The molecule has 2 rings (SSSR count). The Bertz CT molecular complexity index is 290. The molecule has 0 bridgehead atoms. The number of ether oxygens (including phenoxy) is 1. The SMILES string of the molecule is NC1Nc2ccc(Cl)cc2O1. The molecule has 0 saturated heterocycles. The van der Waals surface area contributed by atoms with Gasteiger partial charge in [-0.3, -0.25) is 5.73 Å². The van der Waals surface area contributed by atoms with Crippen molar-refractivity contribution in [2.45, 2.75) is 6.35 Å². The van der Waals surface area contributed by atoms with Crippen LogP contribution in [-0.2, 0) is 0 Å². The Morgan fingerprint density at radius 3 is 3.18 bits per heavy atom. The zero-order valence-electron chi connectivity index (χ0n) is 5.67. The highest BCUT2D eigenvalue weighted by Crippen LogP contribution is 2.32. The fourth-order valence-electron chi connectivity index (χ4n) is 1.03. The van der Waals surface area contributed by atoms with Crippen LogP contribution in [0.15, 0.2) is 18.2 Å². The highest BCUT2D eigenvalue weighted by atomic mass is 35.5. The molecular weight excluding hydrogens is 164 g/mol. The Balaban J connectivity index is 2.43. The Labute approximate surface area is 69.1 Å². The van der Waals surface area contributed by atoms with E-state index in [1.54, 1.807) is 12.1 Å². The molecular formula is C7H7ClN2O. The Hall–Kier alpha value is -0.930. The fraction of sp³-hybridized carbons (Fsp3) is 0.143. The minimum atomic E-state index is -0.441. The van der Waals surface area contributed by atoms with Gasteiger partial charge in [-0.1, -0.05) is 11.6 Å². The average molecular weight is 171 g/mol. The van der Waals surface area contributed by atoms with Crippen molar-refractivity contribution in [2.75, 3.05) is 5.32 Å². The van der Waals surface area contributed by atoms with Crippen molar-refractivity contribution < 1.29 is 4.74 Å². The molecule has 3 N–H and O–H groups in total. The van der Waals surface area contributed by atoms with E-state index in [0.717, 1.165) is 5.69 Å². The monoisotopic (exact) mass is 170 g/mol. The first-order valence-electron chi connectivity index (χ1n) is 3.24. The fourth-order valence-corrected chi connectivity index (χ4v) is 1.19. The van der Waals surface area contributed by atoms with Crippen LogP contribution in [0.3, 0.4) is 0 Å². The molecule has 1 unspecified atom stereocenters. The summed E-state index contributed by atoms with van der Waals surface area (Å²) < 4.78 is 5.17. The maximum atomic E-state index is 5.72. The molecule has 0 radical (unpaired) electrons. The van der Waals surface area contributed by atoms with Crippen molar-refractivity contribution >= 4 is 17.3 Å². The lowest BCUT2D eigenvalue weighted by molar-refractivity contribution is 0.262. The van der Waals surface area contributed by atoms with Crippen molar-refractivity contribution in [1.29, 1.82) is 0 Å². The molecule has 1 aromatic carbocycles. The van der Waals surface area contributed by atoms with Crippen molar-refractivity contribution in [3.8, 4) is 5.75 Å². The quantitative estimate of drug-likeness (QED) is 0.619. The normalized spacial score (nSPS) is 20.4. The highest BCUT2D eigenvalue weighted by molar-refractivity contribution is 6.30. The maximum absolute atomic E-state index is 5.72. The van der Waals surface area contributed by atoms with Crippen LogP contribution >= 0.6 is 11.6 Å². The molecule has 1 atom stereocenters. The molecule has 1 aromatic rings. The van der Waals surface area contributed by atoms with E-state index < -0.39 is 6.35 Å². The lowest BCUT2D eigenvalue weighted by Crippen LogP contribution is -2.30.